The normalized spacial score (nSPS) is 10.3. The SMILES string of the molecule is COc1cc(-c2cc(C(=O)O)on2)cc(F)c1O. The number of carbonyl (C=O) groups is 1. The Morgan fingerprint density at radius 2 is 2.17 bits per heavy atom. The highest BCUT2D eigenvalue weighted by molar-refractivity contribution is 5.85. The van der Waals surface area contributed by atoms with Crippen molar-refractivity contribution in [1.29, 1.82) is 0 Å². The van der Waals surface area contributed by atoms with E-state index in [4.69, 9.17) is 9.84 Å². The van der Waals surface area contributed by atoms with Gasteiger partial charge in [0.25, 0.3) is 0 Å². The maximum Gasteiger partial charge on any atom is 0.374 e. The number of ether oxygens (including phenoxy) is 1. The Hall–Kier alpha value is -2.57. The maximum absolute atomic E-state index is 13.4. The third kappa shape index (κ3) is 1.97. The molecule has 1 aromatic heterocycles. The average Bonchev–Trinajstić information content (AvgIpc) is 2.82. The predicted octanol–water partition coefficient (Wildman–Crippen LogP) is 1.89. The van der Waals surface area contributed by atoms with Gasteiger partial charge in [0.15, 0.2) is 17.3 Å². The number of halogens is 1. The number of carboxylic acids is 1. The molecule has 94 valence electrons. The van der Waals surface area contributed by atoms with Crippen molar-refractivity contribution in [2.75, 3.05) is 7.11 Å². The number of rotatable bonds is 3. The standard InChI is InChI=1S/C11H8FNO5/c1-17-8-3-5(2-6(12)10(8)14)7-4-9(11(15)16)18-13-7/h2-4,14H,1H3,(H,15,16). The van der Waals surface area contributed by atoms with Crippen LogP contribution >= 0.6 is 0 Å². The molecule has 0 saturated carbocycles. The number of phenolic OH excluding ortho intramolecular Hbond substituents is 1. The lowest BCUT2D eigenvalue weighted by Gasteiger charge is -2.05. The van der Waals surface area contributed by atoms with Crippen LogP contribution in [0.1, 0.15) is 10.6 Å². The summed E-state index contributed by atoms with van der Waals surface area (Å²) in [5.41, 5.74) is 0.364. The van der Waals surface area contributed by atoms with E-state index in [1.165, 1.54) is 13.2 Å². The highest BCUT2D eigenvalue weighted by atomic mass is 19.1. The molecule has 2 N–H and O–H groups in total. The first-order chi connectivity index (χ1) is 8.52. The molecule has 0 aliphatic rings. The smallest absolute Gasteiger partial charge is 0.374 e. The summed E-state index contributed by atoms with van der Waals surface area (Å²) < 4.78 is 22.7. The van der Waals surface area contributed by atoms with Gasteiger partial charge in [0.2, 0.25) is 5.76 Å². The summed E-state index contributed by atoms with van der Waals surface area (Å²) in [6, 6.07) is 3.47. The van der Waals surface area contributed by atoms with Crippen LogP contribution in [0.25, 0.3) is 11.3 Å². The van der Waals surface area contributed by atoms with E-state index in [1.807, 2.05) is 0 Å². The molecule has 0 spiro atoms. The number of hydrogen-bond donors (Lipinski definition) is 2. The van der Waals surface area contributed by atoms with Crippen molar-refractivity contribution < 1.29 is 28.7 Å². The fraction of sp³-hybridized carbons (Fsp3) is 0.0909. The summed E-state index contributed by atoms with van der Waals surface area (Å²) in [5, 5.41) is 21.5. The summed E-state index contributed by atoms with van der Waals surface area (Å²) in [7, 11) is 1.27. The third-order valence-corrected chi connectivity index (χ3v) is 2.27. The highest BCUT2D eigenvalue weighted by Crippen LogP contribution is 2.34. The largest absolute Gasteiger partial charge is 0.502 e. The third-order valence-electron chi connectivity index (χ3n) is 2.27. The van der Waals surface area contributed by atoms with Crippen LogP contribution in [0, 0.1) is 5.82 Å². The Morgan fingerprint density at radius 3 is 2.72 bits per heavy atom. The summed E-state index contributed by atoms with van der Waals surface area (Å²) in [6.07, 6.45) is 0. The number of hydrogen-bond acceptors (Lipinski definition) is 5. The van der Waals surface area contributed by atoms with Gasteiger partial charge in [-0.25, -0.2) is 9.18 Å². The lowest BCUT2D eigenvalue weighted by molar-refractivity contribution is 0.0652. The number of benzene rings is 1. The quantitative estimate of drug-likeness (QED) is 0.867. The zero-order valence-electron chi connectivity index (χ0n) is 9.18. The van der Waals surface area contributed by atoms with E-state index in [0.717, 1.165) is 12.1 Å². The molecule has 0 aliphatic heterocycles. The molecule has 0 aliphatic carbocycles. The van der Waals surface area contributed by atoms with Crippen LogP contribution in [0.3, 0.4) is 0 Å². The molecule has 0 amide bonds. The lowest BCUT2D eigenvalue weighted by Crippen LogP contribution is -1.91. The van der Waals surface area contributed by atoms with Crippen molar-refractivity contribution >= 4 is 5.97 Å². The fourth-order valence-electron chi connectivity index (χ4n) is 1.39. The van der Waals surface area contributed by atoms with Crippen LogP contribution in [0.15, 0.2) is 22.7 Å². The van der Waals surface area contributed by atoms with E-state index in [-0.39, 0.29) is 22.8 Å². The van der Waals surface area contributed by atoms with Gasteiger partial charge < -0.3 is 19.5 Å². The Bertz CT molecular complexity index is 607. The number of carboxylic acid groups (broad SMARTS) is 1. The average molecular weight is 253 g/mol. The van der Waals surface area contributed by atoms with Crippen molar-refractivity contribution in [3.05, 3.63) is 29.8 Å². The predicted molar refractivity (Wildman–Crippen MR) is 57.1 cm³/mol. The molecule has 0 unspecified atom stereocenters. The summed E-state index contributed by atoms with van der Waals surface area (Å²) in [5.74, 6) is -3.24. The molecular weight excluding hydrogens is 245 g/mol. The van der Waals surface area contributed by atoms with Crippen LogP contribution in [-0.4, -0.2) is 28.4 Å². The molecule has 0 saturated heterocycles. The van der Waals surface area contributed by atoms with Crippen molar-refractivity contribution in [2.45, 2.75) is 0 Å². The molecule has 2 rings (SSSR count). The fourth-order valence-corrected chi connectivity index (χ4v) is 1.39. The van der Waals surface area contributed by atoms with Gasteiger partial charge in [0.1, 0.15) is 5.69 Å². The maximum atomic E-state index is 13.4. The second kappa shape index (κ2) is 4.36. The molecule has 0 atom stereocenters. The molecular formula is C11H8FNO5. The van der Waals surface area contributed by atoms with Gasteiger partial charge >= 0.3 is 5.97 Å². The Morgan fingerprint density at radius 1 is 1.44 bits per heavy atom. The molecule has 18 heavy (non-hydrogen) atoms. The Kier molecular flexibility index (Phi) is 2.88. The van der Waals surface area contributed by atoms with Crippen LogP contribution in [0.5, 0.6) is 11.5 Å². The first-order valence-corrected chi connectivity index (χ1v) is 4.80. The van der Waals surface area contributed by atoms with Crippen LogP contribution in [0.2, 0.25) is 0 Å². The molecule has 0 fully saturated rings. The number of aromatic carboxylic acids is 1. The van der Waals surface area contributed by atoms with Gasteiger partial charge in [-0.1, -0.05) is 5.16 Å². The summed E-state index contributed by atoms with van der Waals surface area (Å²) in [4.78, 5) is 10.6. The van der Waals surface area contributed by atoms with Crippen LogP contribution in [0.4, 0.5) is 4.39 Å². The number of methoxy groups -OCH3 is 1. The van der Waals surface area contributed by atoms with Gasteiger partial charge in [-0.05, 0) is 12.1 Å². The number of phenols is 1. The minimum Gasteiger partial charge on any atom is -0.502 e. The Labute approximate surface area is 100 Å². The molecule has 7 heteroatoms. The minimum absolute atomic E-state index is 0.0788. The van der Waals surface area contributed by atoms with Crippen molar-refractivity contribution in [3.63, 3.8) is 0 Å². The summed E-state index contributed by atoms with van der Waals surface area (Å²) >= 11 is 0. The van der Waals surface area contributed by atoms with Gasteiger partial charge in [-0.2, -0.15) is 0 Å². The number of aromatic hydroxyl groups is 1. The highest BCUT2D eigenvalue weighted by Gasteiger charge is 2.16. The van der Waals surface area contributed by atoms with Gasteiger partial charge in [-0.15, -0.1) is 0 Å². The second-order valence-electron chi connectivity index (χ2n) is 3.39. The Balaban J connectivity index is 2.50. The first-order valence-electron chi connectivity index (χ1n) is 4.80. The summed E-state index contributed by atoms with van der Waals surface area (Å²) in [6.45, 7) is 0. The molecule has 1 heterocycles. The van der Waals surface area contributed by atoms with Gasteiger partial charge in [0.05, 0.1) is 7.11 Å². The van der Waals surface area contributed by atoms with Crippen LogP contribution < -0.4 is 4.74 Å². The topological polar surface area (TPSA) is 92.8 Å². The monoisotopic (exact) mass is 253 g/mol. The van der Waals surface area contributed by atoms with E-state index in [0.29, 0.717) is 0 Å². The van der Waals surface area contributed by atoms with E-state index >= 15 is 0 Å². The van der Waals surface area contributed by atoms with Gasteiger partial charge in [-0.3, -0.25) is 0 Å². The van der Waals surface area contributed by atoms with Crippen molar-refractivity contribution in [2.24, 2.45) is 0 Å². The van der Waals surface area contributed by atoms with E-state index in [1.54, 1.807) is 0 Å². The van der Waals surface area contributed by atoms with Crippen LogP contribution in [-0.2, 0) is 0 Å². The number of aromatic nitrogens is 1. The zero-order chi connectivity index (χ0) is 13.3. The van der Waals surface area contributed by atoms with E-state index < -0.39 is 17.5 Å². The van der Waals surface area contributed by atoms with E-state index in [9.17, 15) is 14.3 Å². The number of nitrogens with zero attached hydrogens (tertiary/aromatic N) is 1. The molecule has 2 aromatic rings. The van der Waals surface area contributed by atoms with E-state index in [2.05, 4.69) is 9.68 Å². The first kappa shape index (κ1) is 11.9. The second-order valence-corrected chi connectivity index (χ2v) is 3.39. The molecule has 0 radical (unpaired) electrons. The molecule has 6 nitrogen and oxygen atoms in total. The van der Waals surface area contributed by atoms with Crippen molar-refractivity contribution in [3.8, 4) is 22.8 Å². The lowest BCUT2D eigenvalue weighted by atomic mass is 10.1. The molecule has 1 aromatic carbocycles. The zero-order valence-corrected chi connectivity index (χ0v) is 9.18. The van der Waals surface area contributed by atoms with Crippen molar-refractivity contribution in [1.82, 2.24) is 5.16 Å². The minimum atomic E-state index is -1.28. The molecule has 0 bridgehead atoms. The van der Waals surface area contributed by atoms with Gasteiger partial charge in [0, 0.05) is 11.6 Å².